The molecule has 732 valence electrons. The number of carboxylic acids is 1. The van der Waals surface area contributed by atoms with Gasteiger partial charge < -0.3 is 25.9 Å². The molecule has 17 N–H and O–H groups in total. The summed E-state index contributed by atoms with van der Waals surface area (Å²) in [6.45, 7) is 4.08. The summed E-state index contributed by atoms with van der Waals surface area (Å²) in [5.41, 5.74) is 28.6. The summed E-state index contributed by atoms with van der Waals surface area (Å²) in [6.07, 6.45) is 22.8. The molecule has 3 atom stereocenters. The van der Waals surface area contributed by atoms with Crippen molar-refractivity contribution in [3.8, 4) is 33.8 Å². The number of hydrazine groups is 3. The molecule has 0 saturated carbocycles. The number of hydrogen-bond acceptors (Lipinski definition) is 22. The third kappa shape index (κ3) is 39.3. The maximum atomic E-state index is 12.4. The molecule has 7 aliphatic carbocycles. The number of aliphatic hydroxyl groups excluding tert-OH is 1. The first kappa shape index (κ1) is 129. The van der Waals surface area contributed by atoms with Gasteiger partial charge in [-0.3, -0.25) is 61.5 Å². The van der Waals surface area contributed by atoms with Crippen LogP contribution >= 0.6 is 50.5 Å². The standard InChI is InChI=1S/C15H18O3.C13H11ClN2.C13H14N4.C13H14N2O.C13H12N2O.C13H14O3.C11H12O.C2H6O.9CH4.Cl3OP.Db.2H4N2.H2O/c1-2-18-14(16)10-12-8-5-7-11-6-3-4-9-13(11)15(12)17;14-12-8-10-6-3-5-9-4-1-2-7-11(9)13(10)16-15-12;14-15-12-8-10-6-3-5-9-4-1-2-7-11(9)13(10)17-16-12;2*16-12-8-10-6-3-5-9-4-1-2-7-11(9)13(10)15-14-12;14-12(15)8-10-6-3-5-9-4-1-2-7-11(9)13(10)16;12-11-8-4-2-6-9-5-1-3-7-10(9)11;1-2-3;;;;;;;;;;1-5(2,3)4;;2*1-2;/h3-4,6,9,12H,2,5,7-8,10H2,1H3;1-2,4,7-8H,3,5-6H2;1-2,4,7-8H,3,5-6,14H2,(H,15,16);1-2,4,7,10H,3,5-6,8H2,(H,14,16);1-2,4,7-8H,3,5-6H2,(H,14,16);1-2,4,7,10H,3,5-6,8H2,(H,14,15);1,3,5,7H,2,4,6,8H2;3H,2H2,1H3;9*1H4;;;2*1-2H2;1H2. The number of carboxylic acid groups (broad SMARTS) is 1. The number of aryl methyl sites for hydroxylation is 10. The van der Waals surface area contributed by atoms with Crippen LogP contribution in [0, 0.1) is 17.8 Å². The zero-order valence-electron chi connectivity index (χ0n) is 70.5. The average Bonchev–Trinajstić information content (AvgIpc) is 1.55. The average molecular weight is 2200 g/mol. The van der Waals surface area contributed by atoms with E-state index in [4.69, 9.17) is 32.4 Å². The van der Waals surface area contributed by atoms with E-state index in [1.165, 1.54) is 55.6 Å². The third-order valence-corrected chi connectivity index (χ3v) is 21.7. The summed E-state index contributed by atoms with van der Waals surface area (Å²) in [5, 5.41) is 41.1. The van der Waals surface area contributed by atoms with Crippen LogP contribution in [0.15, 0.2) is 198 Å². The predicted octanol–water partition coefficient (Wildman–Crippen LogP) is 22.0. The third-order valence-electron chi connectivity index (χ3n) is 21.5. The van der Waals surface area contributed by atoms with E-state index in [-0.39, 0.29) is 133 Å². The number of nitrogens with one attached hydrogen (secondary N) is 3. The second-order valence-electron chi connectivity index (χ2n) is 29.7. The van der Waals surface area contributed by atoms with Crippen LogP contribution in [0.3, 0.4) is 0 Å². The van der Waals surface area contributed by atoms with Gasteiger partial charge in [-0.25, -0.2) is 16.4 Å². The number of ketones is 3. The Morgan fingerprint density at radius 1 is 0.455 bits per heavy atom. The van der Waals surface area contributed by atoms with Gasteiger partial charge in [-0.05, 0) is 250 Å². The Hall–Kier alpha value is -11.4. The van der Waals surface area contributed by atoms with E-state index in [2.05, 4.69) is 183 Å². The molecule has 0 saturated heterocycles. The number of nitrogens with two attached hydrogens (primary N) is 5. The van der Waals surface area contributed by atoms with Gasteiger partial charge >= 0.3 is 17.1 Å². The van der Waals surface area contributed by atoms with E-state index in [0.29, 0.717) is 47.7 Å². The van der Waals surface area contributed by atoms with Gasteiger partial charge in [0.2, 0.25) is 5.91 Å². The van der Waals surface area contributed by atoms with Crippen LogP contribution in [0.1, 0.15) is 269 Å². The van der Waals surface area contributed by atoms with Crippen LogP contribution < -0.4 is 45.6 Å². The van der Waals surface area contributed by atoms with Crippen molar-refractivity contribution in [2.24, 2.45) is 52.1 Å². The topological polar surface area (TPSA) is 465 Å². The second-order valence-corrected chi connectivity index (χ2v) is 36.8. The number of carbonyl (C=O) groups is 6. The van der Waals surface area contributed by atoms with E-state index in [0.717, 1.165) is 191 Å². The summed E-state index contributed by atoms with van der Waals surface area (Å²) in [6, 6.07) is 62.3. The molecule has 8 aliphatic rings. The molecule has 4 heterocycles. The van der Waals surface area contributed by atoms with E-state index in [1.807, 2.05) is 97.1 Å². The number of anilines is 1. The molecular formula is C102H147Cl4DbN14O12P. The Balaban J connectivity index is -0.000000712. The molecule has 10 aromatic rings. The number of aromatic nitrogens is 6. The Bertz CT molecular complexity index is 5330. The molecule has 0 fully saturated rings. The number of hydrazone groups is 1. The quantitative estimate of drug-likeness (QED) is 0.0243. The van der Waals surface area contributed by atoms with Crippen molar-refractivity contribution in [2.75, 3.05) is 18.6 Å². The first-order chi connectivity index (χ1) is 59.6. The van der Waals surface area contributed by atoms with E-state index in [1.54, 1.807) is 26.0 Å². The van der Waals surface area contributed by atoms with Crippen molar-refractivity contribution in [2.45, 2.75) is 241 Å². The number of rotatable bonds is 6. The van der Waals surface area contributed by atoms with Gasteiger partial charge in [0.05, 0.1) is 42.2 Å². The molecule has 0 bridgehead atoms. The minimum absolute atomic E-state index is 0. The summed E-state index contributed by atoms with van der Waals surface area (Å²) < 4.78 is 14.4. The van der Waals surface area contributed by atoms with Gasteiger partial charge in [-0.2, -0.15) is 10.2 Å². The molecule has 18 rings (SSSR count). The maximum absolute atomic E-state index is 12.4. The fourth-order valence-corrected chi connectivity index (χ4v) is 16.2. The van der Waals surface area contributed by atoms with Crippen molar-refractivity contribution < 1.29 is 53.8 Å². The van der Waals surface area contributed by atoms with Crippen molar-refractivity contribution in [3.63, 3.8) is 0 Å². The fraction of sp³-hybridized carbons (Fsp3) is 0.402. The number of esters is 1. The molecule has 3 aromatic heterocycles. The van der Waals surface area contributed by atoms with E-state index in [9.17, 15) is 38.1 Å². The van der Waals surface area contributed by atoms with Crippen LogP contribution in [0.25, 0.3) is 33.8 Å². The summed E-state index contributed by atoms with van der Waals surface area (Å²) in [5.74, 6) is 21.0. The molecule has 134 heavy (non-hydrogen) atoms. The van der Waals surface area contributed by atoms with Crippen molar-refractivity contribution in [1.29, 1.82) is 0 Å². The number of fused-ring (bicyclic) bond motifs is 15. The minimum atomic E-state index is -3.22. The number of nitrogens with zero attached hydrogens (tertiary/aromatic N) is 6. The van der Waals surface area contributed by atoms with Gasteiger partial charge in [-0.15, -0.1) is 20.4 Å². The smallest absolute Gasteiger partial charge is 0.339 e. The van der Waals surface area contributed by atoms with Gasteiger partial charge in [0.25, 0.3) is 5.56 Å². The first-order valence-corrected chi connectivity index (χ1v) is 46.2. The van der Waals surface area contributed by atoms with Crippen molar-refractivity contribution in [1.82, 2.24) is 36.0 Å². The molecule has 1 amide bonds. The zero-order chi connectivity index (χ0) is 88.6. The minimum Gasteiger partial charge on any atom is -0.481 e. The molecule has 0 radical (unpaired) electrons. The van der Waals surface area contributed by atoms with Crippen LogP contribution in [0.2, 0.25) is 5.15 Å². The van der Waals surface area contributed by atoms with E-state index >= 15 is 0 Å². The number of nitrogen functional groups attached to an aromatic ring is 1. The maximum Gasteiger partial charge on any atom is 0.339 e. The zero-order valence-corrected chi connectivity index (χ0v) is 80.9. The van der Waals surface area contributed by atoms with Gasteiger partial charge in [0, 0.05) is 82.2 Å². The number of hydrogen-bond donors (Lipinski definition) is 10. The number of amides is 1. The SMILES string of the molecule is C.C.C.C.C.C.C.C.C.CCO.CCOC(=O)CC1CCCc2ccccc2C1=O.Clc1cc2c(nn1)-c1ccccc1CCC2.NN.NN.NNc1cc2c(nn1)-c1ccccc1CCC2.O.O=C(O)CC1CCCc2ccccc2C1=O.O=C1CC2CCCc3ccccc3C2=NN1.O=C1CCCCc2ccccc21.O=P(Cl)(Cl)Cl.O=c1cc2c(n[nH]1)-c1ccccc1CCC2.[Db]. The van der Waals surface area contributed by atoms with Crippen LogP contribution in [-0.2, 0) is 87.9 Å². The molecule has 0 spiro atoms. The number of ether oxygens (including phenoxy) is 1. The number of halogens is 4. The Kier molecular flexibility index (Phi) is 65.1. The summed E-state index contributed by atoms with van der Waals surface area (Å²) in [4.78, 5) is 80.7. The predicted molar refractivity (Wildman–Crippen MR) is 551 cm³/mol. The normalized spacial score (nSPS) is 14.9. The molecule has 3 unspecified atom stereocenters. The van der Waals surface area contributed by atoms with E-state index < -0.39 is 11.2 Å². The first-order valence-electron chi connectivity index (χ1n) is 41.4. The number of benzene rings is 7. The van der Waals surface area contributed by atoms with Gasteiger partial charge in [0.1, 0.15) is 0 Å². The molecule has 26 nitrogen and oxygen atoms in total. The number of H-pyrrole nitrogens is 1. The number of aromatic amines is 1. The van der Waals surface area contributed by atoms with Crippen LogP contribution in [0.4, 0.5) is 5.82 Å². The number of aliphatic carboxylic acids is 1. The second kappa shape index (κ2) is 67.7. The number of aliphatic hydroxyl groups is 1. The Labute approximate surface area is 809 Å². The van der Waals surface area contributed by atoms with Gasteiger partial charge in [0.15, 0.2) is 28.3 Å². The summed E-state index contributed by atoms with van der Waals surface area (Å²) >= 11 is 19.7. The van der Waals surface area contributed by atoms with Gasteiger partial charge in [-0.1, -0.05) is 248 Å². The van der Waals surface area contributed by atoms with Crippen LogP contribution in [0.5, 0.6) is 0 Å². The Morgan fingerprint density at radius 2 is 0.791 bits per heavy atom. The largest absolute Gasteiger partial charge is 0.481 e. The van der Waals surface area contributed by atoms with Crippen molar-refractivity contribution >= 4 is 97.2 Å². The number of Topliss-reactive ketones (excluding diaryl/α,β-unsaturated/α-hetero) is 3. The molecular weight excluding hydrogens is 2050 g/mol. The van der Waals surface area contributed by atoms with Crippen LogP contribution in [-0.4, -0.2) is 100 Å². The fourth-order valence-electron chi connectivity index (χ4n) is 16.1. The van der Waals surface area contributed by atoms with Crippen molar-refractivity contribution in [3.05, 3.63) is 281 Å². The molecule has 32 heteroatoms. The molecule has 7 aromatic carbocycles. The Morgan fingerprint density at radius 3 is 1.23 bits per heavy atom. The summed E-state index contributed by atoms with van der Waals surface area (Å²) in [7, 11) is 0. The monoisotopic (exact) mass is 2200 g/mol. The molecule has 1 aliphatic heterocycles. The number of carbonyl (C=O) groups excluding carboxylic acids is 5.